The third kappa shape index (κ3) is 2.04. The molecule has 2 heterocycles. The Labute approximate surface area is 94.9 Å². The van der Waals surface area contributed by atoms with Crippen molar-refractivity contribution >= 4 is 11.9 Å². The summed E-state index contributed by atoms with van der Waals surface area (Å²) < 4.78 is 5.04. The lowest BCUT2D eigenvalue weighted by Gasteiger charge is -2.32. The van der Waals surface area contributed by atoms with E-state index >= 15 is 0 Å². The van der Waals surface area contributed by atoms with Gasteiger partial charge in [0.15, 0.2) is 6.61 Å². The average molecular weight is 221 g/mol. The van der Waals surface area contributed by atoms with Crippen LogP contribution in [0.3, 0.4) is 0 Å². The molecule has 0 N–H and O–H groups in total. The highest BCUT2D eigenvalue weighted by Gasteiger charge is 2.43. The number of fused-ring (bicyclic) bond motifs is 2. The number of amides is 1. The van der Waals surface area contributed by atoms with Crippen LogP contribution in [0.15, 0.2) is 0 Å². The molecule has 0 spiro atoms. The summed E-state index contributed by atoms with van der Waals surface area (Å²) in [5, 5.41) is 0. The molecule has 2 atom stereocenters. The summed E-state index contributed by atoms with van der Waals surface area (Å²) >= 11 is 0. The Balaban J connectivity index is 1.96. The number of ketones is 1. The average Bonchev–Trinajstić information content (AvgIpc) is 2.52. The molecule has 2 aliphatic rings. The number of carbonyl (C=O) groups is 2. The van der Waals surface area contributed by atoms with E-state index in [1.54, 1.807) is 11.8 Å². The minimum Gasteiger partial charge on any atom is -0.436 e. The molecule has 0 saturated carbocycles. The van der Waals surface area contributed by atoms with Gasteiger partial charge >= 0.3 is 6.09 Å². The largest absolute Gasteiger partial charge is 0.436 e. The lowest BCUT2D eigenvalue weighted by atomic mass is 10.0. The molecular formula is C12H15NO3. The number of nitrogens with zero attached hydrogens (tertiary/aromatic N) is 1. The molecule has 2 rings (SSSR count). The first kappa shape index (κ1) is 11.0. The Morgan fingerprint density at radius 3 is 2.62 bits per heavy atom. The van der Waals surface area contributed by atoms with E-state index in [0.29, 0.717) is 12.8 Å². The fraction of sp³-hybridized carbons (Fsp3) is 0.667. The molecule has 0 aliphatic carbocycles. The van der Waals surface area contributed by atoms with Gasteiger partial charge in [0.05, 0.1) is 0 Å². The Morgan fingerprint density at radius 1 is 1.44 bits per heavy atom. The van der Waals surface area contributed by atoms with Gasteiger partial charge in [-0.05, 0) is 19.8 Å². The summed E-state index contributed by atoms with van der Waals surface area (Å²) in [6.45, 7) is 1.84. The van der Waals surface area contributed by atoms with Crippen LogP contribution in [0.2, 0.25) is 0 Å². The normalized spacial score (nSPS) is 27.3. The first-order chi connectivity index (χ1) is 7.72. The molecule has 0 aromatic heterocycles. The zero-order valence-electron chi connectivity index (χ0n) is 9.36. The van der Waals surface area contributed by atoms with E-state index in [2.05, 4.69) is 11.8 Å². The maximum absolute atomic E-state index is 11.8. The first-order valence-electron chi connectivity index (χ1n) is 5.58. The van der Waals surface area contributed by atoms with Crippen molar-refractivity contribution in [2.45, 2.75) is 44.7 Å². The standard InChI is InChI=1S/C12H15NO3/c1-2-3-6-16-12(15)13-9-4-5-10(13)8-11(14)7-9/h9-10H,4-8H2,1H3. The van der Waals surface area contributed by atoms with Crippen molar-refractivity contribution in [3.8, 4) is 11.8 Å². The number of piperidine rings is 1. The third-order valence-electron chi connectivity index (χ3n) is 3.20. The molecule has 2 saturated heterocycles. The van der Waals surface area contributed by atoms with Crippen LogP contribution >= 0.6 is 0 Å². The molecule has 0 aromatic carbocycles. The van der Waals surface area contributed by atoms with Crippen LogP contribution in [-0.2, 0) is 9.53 Å². The van der Waals surface area contributed by atoms with Crippen molar-refractivity contribution in [3.63, 3.8) is 0 Å². The molecule has 2 aliphatic heterocycles. The molecule has 2 unspecified atom stereocenters. The molecule has 16 heavy (non-hydrogen) atoms. The highest BCUT2D eigenvalue weighted by molar-refractivity contribution is 5.83. The van der Waals surface area contributed by atoms with E-state index in [9.17, 15) is 9.59 Å². The molecule has 4 nitrogen and oxygen atoms in total. The Kier molecular flexibility index (Phi) is 3.14. The van der Waals surface area contributed by atoms with Gasteiger partial charge in [-0.3, -0.25) is 4.79 Å². The Bertz CT molecular complexity index is 350. The van der Waals surface area contributed by atoms with Crippen LogP contribution < -0.4 is 0 Å². The van der Waals surface area contributed by atoms with Gasteiger partial charge in [0.1, 0.15) is 5.78 Å². The molecule has 0 radical (unpaired) electrons. The number of carbonyl (C=O) groups excluding carboxylic acids is 2. The summed E-state index contributed by atoms with van der Waals surface area (Å²) in [7, 11) is 0. The van der Waals surface area contributed by atoms with Crippen LogP contribution in [0, 0.1) is 11.8 Å². The molecule has 4 heteroatoms. The highest BCUT2D eigenvalue weighted by Crippen LogP contribution is 2.34. The van der Waals surface area contributed by atoms with Gasteiger partial charge in [0, 0.05) is 24.9 Å². The first-order valence-corrected chi connectivity index (χ1v) is 5.58. The van der Waals surface area contributed by atoms with E-state index in [1.807, 2.05) is 0 Å². The number of ether oxygens (including phenoxy) is 1. The molecule has 0 aromatic rings. The maximum Gasteiger partial charge on any atom is 0.411 e. The predicted octanol–water partition coefficient (Wildman–Crippen LogP) is 1.34. The zero-order chi connectivity index (χ0) is 11.5. The summed E-state index contributed by atoms with van der Waals surface area (Å²) in [5.41, 5.74) is 0. The minimum absolute atomic E-state index is 0.0633. The minimum atomic E-state index is -0.317. The van der Waals surface area contributed by atoms with Crippen LogP contribution in [0.4, 0.5) is 4.79 Å². The second-order valence-electron chi connectivity index (χ2n) is 4.22. The second-order valence-corrected chi connectivity index (χ2v) is 4.22. The SMILES string of the molecule is CC#CCOC(=O)N1C2CCC1CC(=O)C2. The van der Waals surface area contributed by atoms with Crippen molar-refractivity contribution in [1.82, 2.24) is 4.90 Å². The molecule has 86 valence electrons. The number of Topliss-reactive ketones (excluding diaryl/α,β-unsaturated/α-hetero) is 1. The highest BCUT2D eigenvalue weighted by atomic mass is 16.6. The lowest BCUT2D eigenvalue weighted by molar-refractivity contribution is -0.122. The Morgan fingerprint density at radius 2 is 2.06 bits per heavy atom. The van der Waals surface area contributed by atoms with Crippen molar-refractivity contribution in [3.05, 3.63) is 0 Å². The van der Waals surface area contributed by atoms with E-state index in [4.69, 9.17) is 4.74 Å². The molecular weight excluding hydrogens is 206 g/mol. The second kappa shape index (κ2) is 4.56. The van der Waals surface area contributed by atoms with Gasteiger partial charge in [-0.2, -0.15) is 0 Å². The van der Waals surface area contributed by atoms with Gasteiger partial charge in [0.2, 0.25) is 0 Å². The fourth-order valence-corrected chi connectivity index (χ4v) is 2.51. The lowest BCUT2D eigenvalue weighted by Crippen LogP contribution is -2.47. The molecule has 2 bridgehead atoms. The van der Waals surface area contributed by atoms with E-state index in [1.165, 1.54) is 0 Å². The topological polar surface area (TPSA) is 46.6 Å². The van der Waals surface area contributed by atoms with Gasteiger partial charge < -0.3 is 9.64 Å². The maximum atomic E-state index is 11.8. The summed E-state index contributed by atoms with van der Waals surface area (Å²) in [6.07, 6.45) is 2.51. The van der Waals surface area contributed by atoms with Crippen molar-refractivity contribution < 1.29 is 14.3 Å². The third-order valence-corrected chi connectivity index (χ3v) is 3.20. The zero-order valence-corrected chi connectivity index (χ0v) is 9.36. The van der Waals surface area contributed by atoms with E-state index in [-0.39, 0.29) is 30.6 Å². The summed E-state index contributed by atoms with van der Waals surface area (Å²) in [4.78, 5) is 24.9. The fourth-order valence-electron chi connectivity index (χ4n) is 2.51. The smallest absolute Gasteiger partial charge is 0.411 e. The summed E-state index contributed by atoms with van der Waals surface area (Å²) in [5.74, 6) is 5.63. The van der Waals surface area contributed by atoms with Gasteiger partial charge in [-0.25, -0.2) is 4.79 Å². The van der Waals surface area contributed by atoms with Crippen molar-refractivity contribution in [2.24, 2.45) is 0 Å². The Hall–Kier alpha value is -1.50. The van der Waals surface area contributed by atoms with Gasteiger partial charge in [0.25, 0.3) is 0 Å². The van der Waals surface area contributed by atoms with Crippen LogP contribution in [0.25, 0.3) is 0 Å². The van der Waals surface area contributed by atoms with Crippen molar-refractivity contribution in [2.75, 3.05) is 6.61 Å². The predicted molar refractivity (Wildman–Crippen MR) is 57.7 cm³/mol. The van der Waals surface area contributed by atoms with Crippen LogP contribution in [-0.4, -0.2) is 35.5 Å². The summed E-state index contributed by atoms with van der Waals surface area (Å²) in [6, 6.07) is 0.127. The number of rotatable bonds is 1. The number of hydrogen-bond donors (Lipinski definition) is 0. The van der Waals surface area contributed by atoms with Crippen LogP contribution in [0.1, 0.15) is 32.6 Å². The van der Waals surface area contributed by atoms with Gasteiger partial charge in [-0.1, -0.05) is 5.92 Å². The quantitative estimate of drug-likeness (QED) is 0.628. The monoisotopic (exact) mass is 221 g/mol. The number of hydrogen-bond acceptors (Lipinski definition) is 3. The molecule has 2 fully saturated rings. The van der Waals surface area contributed by atoms with E-state index in [0.717, 1.165) is 12.8 Å². The van der Waals surface area contributed by atoms with Crippen LogP contribution in [0.5, 0.6) is 0 Å². The van der Waals surface area contributed by atoms with Gasteiger partial charge in [-0.15, -0.1) is 5.92 Å². The molecule has 1 amide bonds. The van der Waals surface area contributed by atoms with E-state index < -0.39 is 0 Å². The van der Waals surface area contributed by atoms with Crippen molar-refractivity contribution in [1.29, 1.82) is 0 Å².